The van der Waals surface area contributed by atoms with Gasteiger partial charge in [-0.2, -0.15) is 0 Å². The summed E-state index contributed by atoms with van der Waals surface area (Å²) in [5, 5.41) is 2.39. The van der Waals surface area contributed by atoms with E-state index in [9.17, 15) is 0 Å². The Morgan fingerprint density at radius 2 is 1.64 bits per heavy atom. The van der Waals surface area contributed by atoms with Crippen molar-refractivity contribution >= 4 is 51.5 Å². The Morgan fingerprint density at radius 3 is 2.23 bits per heavy atom. The molecule has 0 bridgehead atoms. The zero-order valence-electron chi connectivity index (χ0n) is 11.7. The summed E-state index contributed by atoms with van der Waals surface area (Å²) in [4.78, 5) is 6.93. The van der Waals surface area contributed by atoms with E-state index in [0.29, 0.717) is 5.02 Å². The lowest BCUT2D eigenvalue weighted by Crippen LogP contribution is -2.32. The fourth-order valence-corrected chi connectivity index (χ4v) is 3.64. The van der Waals surface area contributed by atoms with Gasteiger partial charge in [-0.25, -0.2) is 4.99 Å². The topological polar surface area (TPSA) is 15.6 Å². The van der Waals surface area contributed by atoms with E-state index in [0.717, 1.165) is 27.3 Å². The standard InChI is InChI=1S/C17H14Cl2N2S/c1-2-15-11-22-17(20-14-7-3-12(18)4-8-14)21(15)16-9-5-13(19)6-10-16/h2-10,15H,1,11H2/t15-/m0/s1. The van der Waals surface area contributed by atoms with E-state index in [1.807, 2.05) is 54.6 Å². The van der Waals surface area contributed by atoms with Gasteiger partial charge in [-0.1, -0.05) is 41.0 Å². The average Bonchev–Trinajstić information content (AvgIpc) is 2.93. The van der Waals surface area contributed by atoms with Gasteiger partial charge in [0.05, 0.1) is 11.7 Å². The summed E-state index contributed by atoms with van der Waals surface area (Å²) in [5.74, 6) is 0.929. The van der Waals surface area contributed by atoms with Crippen molar-refractivity contribution in [3.05, 3.63) is 71.2 Å². The molecule has 0 amide bonds. The smallest absolute Gasteiger partial charge is 0.169 e. The molecule has 0 radical (unpaired) electrons. The molecule has 1 aliphatic heterocycles. The minimum absolute atomic E-state index is 0.220. The van der Waals surface area contributed by atoms with E-state index in [1.165, 1.54) is 0 Å². The van der Waals surface area contributed by atoms with Crippen LogP contribution in [0, 0.1) is 0 Å². The number of nitrogens with zero attached hydrogens (tertiary/aromatic N) is 2. The van der Waals surface area contributed by atoms with Crippen LogP contribution in [-0.4, -0.2) is 17.0 Å². The first-order valence-corrected chi connectivity index (χ1v) is 8.56. The van der Waals surface area contributed by atoms with Crippen molar-refractivity contribution < 1.29 is 0 Å². The number of thioether (sulfide) groups is 1. The fourth-order valence-electron chi connectivity index (χ4n) is 2.24. The van der Waals surface area contributed by atoms with Gasteiger partial charge in [0.2, 0.25) is 0 Å². The van der Waals surface area contributed by atoms with Gasteiger partial charge in [-0.05, 0) is 48.5 Å². The Hall–Kier alpha value is -1.42. The fraction of sp³-hybridized carbons (Fsp3) is 0.118. The first-order valence-electron chi connectivity index (χ1n) is 6.82. The molecule has 0 N–H and O–H groups in total. The summed E-state index contributed by atoms with van der Waals surface area (Å²) in [6.07, 6.45) is 1.95. The summed E-state index contributed by atoms with van der Waals surface area (Å²) in [7, 11) is 0. The quantitative estimate of drug-likeness (QED) is 0.652. The summed E-state index contributed by atoms with van der Waals surface area (Å²) in [6.45, 7) is 3.94. The van der Waals surface area contributed by atoms with Gasteiger partial charge in [-0.3, -0.25) is 0 Å². The first-order chi connectivity index (χ1) is 10.7. The molecule has 22 heavy (non-hydrogen) atoms. The molecule has 1 heterocycles. The molecule has 0 unspecified atom stereocenters. The van der Waals surface area contributed by atoms with Crippen LogP contribution in [0.15, 0.2) is 66.2 Å². The van der Waals surface area contributed by atoms with Crippen molar-refractivity contribution in [2.45, 2.75) is 6.04 Å². The Bertz CT molecular complexity index is 696. The second-order valence-corrected chi connectivity index (χ2v) is 6.69. The number of hydrogen-bond donors (Lipinski definition) is 0. The van der Waals surface area contributed by atoms with Crippen molar-refractivity contribution in [3.63, 3.8) is 0 Å². The lowest BCUT2D eigenvalue weighted by atomic mass is 10.2. The first kappa shape index (κ1) is 15.5. The van der Waals surface area contributed by atoms with E-state index >= 15 is 0 Å². The maximum Gasteiger partial charge on any atom is 0.169 e. The number of aliphatic imine (C=N–C) groups is 1. The van der Waals surface area contributed by atoms with Crippen molar-refractivity contribution in [1.82, 2.24) is 0 Å². The van der Waals surface area contributed by atoms with E-state index in [-0.39, 0.29) is 6.04 Å². The molecule has 1 atom stereocenters. The van der Waals surface area contributed by atoms with E-state index in [1.54, 1.807) is 11.8 Å². The molecular weight excluding hydrogens is 335 g/mol. The number of halogens is 2. The van der Waals surface area contributed by atoms with E-state index in [2.05, 4.69) is 11.5 Å². The highest BCUT2D eigenvalue weighted by Crippen LogP contribution is 2.33. The zero-order valence-corrected chi connectivity index (χ0v) is 14.1. The number of hydrogen-bond acceptors (Lipinski definition) is 2. The molecule has 112 valence electrons. The highest BCUT2D eigenvalue weighted by molar-refractivity contribution is 8.14. The molecule has 0 aromatic heterocycles. The minimum Gasteiger partial charge on any atom is -0.313 e. The number of benzene rings is 2. The predicted molar refractivity (Wildman–Crippen MR) is 98.9 cm³/mol. The van der Waals surface area contributed by atoms with E-state index in [4.69, 9.17) is 28.2 Å². The molecule has 5 heteroatoms. The molecule has 3 rings (SSSR count). The van der Waals surface area contributed by atoms with Gasteiger partial charge in [0.15, 0.2) is 5.17 Å². The minimum atomic E-state index is 0.220. The summed E-state index contributed by atoms with van der Waals surface area (Å²) in [6, 6.07) is 15.5. The maximum atomic E-state index is 5.98. The van der Waals surface area contributed by atoms with Crippen molar-refractivity contribution in [2.24, 2.45) is 4.99 Å². The van der Waals surface area contributed by atoms with Gasteiger partial charge in [0, 0.05) is 21.5 Å². The average molecular weight is 349 g/mol. The van der Waals surface area contributed by atoms with Crippen LogP contribution in [0.4, 0.5) is 11.4 Å². The second-order valence-electron chi connectivity index (χ2n) is 4.83. The second kappa shape index (κ2) is 6.78. The van der Waals surface area contributed by atoms with Gasteiger partial charge in [0.1, 0.15) is 0 Å². The third kappa shape index (κ3) is 3.32. The molecule has 2 aromatic carbocycles. The third-order valence-electron chi connectivity index (χ3n) is 3.35. The van der Waals surface area contributed by atoms with Gasteiger partial charge in [0.25, 0.3) is 0 Å². The molecule has 1 aliphatic rings. The number of anilines is 1. The molecule has 0 aliphatic carbocycles. The summed E-state index contributed by atoms with van der Waals surface area (Å²) >= 11 is 13.6. The van der Waals surface area contributed by atoms with Crippen molar-refractivity contribution in [2.75, 3.05) is 10.7 Å². The normalized spacial score (nSPS) is 19.6. The summed E-state index contributed by atoms with van der Waals surface area (Å²) in [5.41, 5.74) is 1.95. The van der Waals surface area contributed by atoms with Crippen LogP contribution >= 0.6 is 35.0 Å². The monoisotopic (exact) mass is 348 g/mol. The van der Waals surface area contributed by atoms with Gasteiger partial charge in [-0.15, -0.1) is 6.58 Å². The van der Waals surface area contributed by atoms with Crippen LogP contribution in [0.25, 0.3) is 0 Å². The molecule has 2 nitrogen and oxygen atoms in total. The highest BCUT2D eigenvalue weighted by atomic mass is 35.5. The maximum absolute atomic E-state index is 5.98. The lowest BCUT2D eigenvalue weighted by Gasteiger charge is -2.23. The molecule has 0 saturated carbocycles. The van der Waals surface area contributed by atoms with Crippen LogP contribution in [0.2, 0.25) is 10.0 Å². The summed E-state index contributed by atoms with van der Waals surface area (Å²) < 4.78 is 0. The molecular formula is C17H14Cl2N2S. The number of rotatable bonds is 3. The van der Waals surface area contributed by atoms with E-state index < -0.39 is 0 Å². The molecule has 2 aromatic rings. The molecule has 1 saturated heterocycles. The van der Waals surface area contributed by atoms with Crippen LogP contribution in [-0.2, 0) is 0 Å². The lowest BCUT2D eigenvalue weighted by molar-refractivity contribution is 0.927. The highest BCUT2D eigenvalue weighted by Gasteiger charge is 2.29. The van der Waals surface area contributed by atoms with Crippen LogP contribution in [0.5, 0.6) is 0 Å². The molecule has 0 spiro atoms. The third-order valence-corrected chi connectivity index (χ3v) is 4.91. The Morgan fingerprint density at radius 1 is 1.05 bits per heavy atom. The van der Waals surface area contributed by atoms with Crippen LogP contribution in [0.1, 0.15) is 0 Å². The van der Waals surface area contributed by atoms with Gasteiger partial charge >= 0.3 is 0 Å². The van der Waals surface area contributed by atoms with Crippen molar-refractivity contribution in [3.8, 4) is 0 Å². The van der Waals surface area contributed by atoms with Crippen molar-refractivity contribution in [1.29, 1.82) is 0 Å². The Kier molecular flexibility index (Phi) is 4.77. The van der Waals surface area contributed by atoms with Gasteiger partial charge < -0.3 is 4.90 Å². The predicted octanol–water partition coefficient (Wildman–Crippen LogP) is 5.79. The molecule has 1 fully saturated rings. The van der Waals surface area contributed by atoms with Crippen LogP contribution in [0.3, 0.4) is 0 Å². The largest absolute Gasteiger partial charge is 0.313 e. The zero-order chi connectivity index (χ0) is 15.5. The Labute approximate surface area is 144 Å². The Balaban J connectivity index is 1.96. The van der Waals surface area contributed by atoms with Crippen LogP contribution < -0.4 is 4.90 Å². The number of amidine groups is 1. The SMILES string of the molecule is C=C[C@H]1CSC(=Nc2ccc(Cl)cc2)N1c1ccc(Cl)cc1.